The molecular weight excluding hydrogens is 148 g/mol. The zero-order valence-electron chi connectivity index (χ0n) is 5.11. The maximum Gasteiger partial charge on any atom is 0.153 e. The van der Waals surface area contributed by atoms with Crippen molar-refractivity contribution in [2.75, 3.05) is 5.73 Å². The minimum Gasteiger partial charge on any atom is -0.383 e. The Morgan fingerprint density at radius 2 is 2.40 bits per heavy atom. The summed E-state index contributed by atoms with van der Waals surface area (Å²) in [5, 5.41) is 0. The molecule has 0 atom stereocenters. The number of carbonyl (C=O) groups excluding carboxylic acids is 1. The Balaban J connectivity index is 3.21. The van der Waals surface area contributed by atoms with Crippen molar-refractivity contribution in [2.45, 2.75) is 4.90 Å². The van der Waals surface area contributed by atoms with Gasteiger partial charge in [-0.1, -0.05) is 0 Å². The second kappa shape index (κ2) is 2.70. The van der Waals surface area contributed by atoms with Crippen LogP contribution in [0.2, 0.25) is 0 Å². The standard InChI is InChI=1S/C6H6N2OS/c7-6-4(3-9)1-5(10)2-8-6/h1-3,10H,(H2,7,8). The van der Waals surface area contributed by atoms with E-state index in [9.17, 15) is 4.79 Å². The minimum atomic E-state index is 0.243. The number of thiol groups is 1. The van der Waals surface area contributed by atoms with E-state index in [1.807, 2.05) is 0 Å². The molecule has 4 heteroatoms. The van der Waals surface area contributed by atoms with Gasteiger partial charge in [0.15, 0.2) is 6.29 Å². The van der Waals surface area contributed by atoms with Crippen molar-refractivity contribution in [1.29, 1.82) is 0 Å². The predicted molar refractivity (Wildman–Crippen MR) is 41.3 cm³/mol. The van der Waals surface area contributed by atoms with Crippen LogP contribution in [0.1, 0.15) is 10.4 Å². The summed E-state index contributed by atoms with van der Waals surface area (Å²) in [5.74, 6) is 0.243. The van der Waals surface area contributed by atoms with Gasteiger partial charge in [-0.2, -0.15) is 0 Å². The second-order valence-corrected chi connectivity index (χ2v) is 2.30. The molecule has 0 aliphatic heterocycles. The van der Waals surface area contributed by atoms with Crippen molar-refractivity contribution in [3.05, 3.63) is 17.8 Å². The molecule has 3 nitrogen and oxygen atoms in total. The van der Waals surface area contributed by atoms with Crippen LogP contribution < -0.4 is 5.73 Å². The van der Waals surface area contributed by atoms with Crippen LogP contribution in [0.15, 0.2) is 17.2 Å². The van der Waals surface area contributed by atoms with Crippen LogP contribution in [0.25, 0.3) is 0 Å². The van der Waals surface area contributed by atoms with Crippen LogP contribution in [-0.2, 0) is 0 Å². The van der Waals surface area contributed by atoms with E-state index in [0.717, 1.165) is 0 Å². The van der Waals surface area contributed by atoms with E-state index in [-0.39, 0.29) is 5.82 Å². The molecule has 0 spiro atoms. The molecule has 0 bridgehead atoms. The topological polar surface area (TPSA) is 56.0 Å². The first-order valence-corrected chi connectivity index (χ1v) is 3.08. The maximum absolute atomic E-state index is 10.2. The summed E-state index contributed by atoms with van der Waals surface area (Å²) in [7, 11) is 0. The number of aldehydes is 1. The molecule has 0 saturated heterocycles. The highest BCUT2D eigenvalue weighted by molar-refractivity contribution is 7.80. The number of aromatic nitrogens is 1. The van der Waals surface area contributed by atoms with Gasteiger partial charge in [0, 0.05) is 11.1 Å². The van der Waals surface area contributed by atoms with Gasteiger partial charge in [0.25, 0.3) is 0 Å². The molecule has 1 aromatic heterocycles. The lowest BCUT2D eigenvalue weighted by Crippen LogP contribution is -1.95. The molecule has 52 valence electrons. The predicted octanol–water partition coefficient (Wildman–Crippen LogP) is 0.765. The third kappa shape index (κ3) is 1.27. The van der Waals surface area contributed by atoms with Gasteiger partial charge in [-0.3, -0.25) is 4.79 Å². The Hall–Kier alpha value is -1.03. The molecule has 1 heterocycles. The third-order valence-corrected chi connectivity index (χ3v) is 1.31. The average Bonchev–Trinajstić information content (AvgIpc) is 1.94. The van der Waals surface area contributed by atoms with E-state index in [2.05, 4.69) is 17.6 Å². The number of hydrogen-bond donors (Lipinski definition) is 2. The lowest BCUT2D eigenvalue weighted by molar-refractivity contribution is 0.112. The molecule has 0 unspecified atom stereocenters. The Kier molecular flexibility index (Phi) is 1.91. The number of nitrogens with zero attached hydrogens (tertiary/aromatic N) is 1. The van der Waals surface area contributed by atoms with Crippen LogP contribution in [-0.4, -0.2) is 11.3 Å². The van der Waals surface area contributed by atoms with Gasteiger partial charge < -0.3 is 5.73 Å². The van der Waals surface area contributed by atoms with Gasteiger partial charge in [-0.25, -0.2) is 4.98 Å². The van der Waals surface area contributed by atoms with Crippen molar-refractivity contribution in [2.24, 2.45) is 0 Å². The molecular formula is C6H6N2OS. The monoisotopic (exact) mass is 154 g/mol. The van der Waals surface area contributed by atoms with Gasteiger partial charge >= 0.3 is 0 Å². The molecule has 0 aliphatic carbocycles. The molecule has 2 N–H and O–H groups in total. The first-order valence-electron chi connectivity index (χ1n) is 2.63. The van der Waals surface area contributed by atoms with Gasteiger partial charge in [0.2, 0.25) is 0 Å². The van der Waals surface area contributed by atoms with E-state index >= 15 is 0 Å². The molecule has 0 aromatic carbocycles. The minimum absolute atomic E-state index is 0.243. The highest BCUT2D eigenvalue weighted by Gasteiger charge is 1.97. The Labute approximate surface area is 63.7 Å². The van der Waals surface area contributed by atoms with Crippen LogP contribution in [0.3, 0.4) is 0 Å². The number of carbonyl (C=O) groups is 1. The Morgan fingerprint density at radius 3 is 2.90 bits per heavy atom. The summed E-state index contributed by atoms with van der Waals surface area (Å²) < 4.78 is 0. The summed E-state index contributed by atoms with van der Waals surface area (Å²) >= 11 is 3.98. The number of anilines is 1. The molecule has 0 amide bonds. The van der Waals surface area contributed by atoms with Gasteiger partial charge in [-0.15, -0.1) is 12.6 Å². The van der Waals surface area contributed by atoms with Crippen molar-refractivity contribution >= 4 is 24.7 Å². The SMILES string of the molecule is Nc1ncc(S)cc1C=O. The summed E-state index contributed by atoms with van der Waals surface area (Å²) in [5.41, 5.74) is 5.71. The highest BCUT2D eigenvalue weighted by atomic mass is 32.1. The lowest BCUT2D eigenvalue weighted by Gasteiger charge is -1.95. The number of rotatable bonds is 1. The molecule has 0 aliphatic rings. The van der Waals surface area contributed by atoms with E-state index in [0.29, 0.717) is 16.7 Å². The number of hydrogen-bond acceptors (Lipinski definition) is 4. The second-order valence-electron chi connectivity index (χ2n) is 1.79. The summed E-state index contributed by atoms with van der Waals surface area (Å²) in [6.07, 6.45) is 2.15. The summed E-state index contributed by atoms with van der Waals surface area (Å²) in [6, 6.07) is 1.57. The quantitative estimate of drug-likeness (QED) is 0.464. The fourth-order valence-electron chi connectivity index (χ4n) is 0.575. The Bertz CT molecular complexity index is 262. The first-order chi connectivity index (χ1) is 4.74. The smallest absolute Gasteiger partial charge is 0.153 e. The first kappa shape index (κ1) is 7.08. The van der Waals surface area contributed by atoms with Crippen LogP contribution in [0.4, 0.5) is 5.82 Å². The lowest BCUT2D eigenvalue weighted by atomic mass is 10.3. The number of pyridine rings is 1. The van der Waals surface area contributed by atoms with Gasteiger partial charge in [0.05, 0.1) is 5.56 Å². The molecule has 0 fully saturated rings. The fraction of sp³-hybridized carbons (Fsp3) is 0. The van der Waals surface area contributed by atoms with Gasteiger partial charge in [-0.05, 0) is 6.07 Å². The van der Waals surface area contributed by atoms with E-state index in [4.69, 9.17) is 5.73 Å². The van der Waals surface area contributed by atoms with Crippen molar-refractivity contribution in [3.8, 4) is 0 Å². The fourth-order valence-corrected chi connectivity index (χ4v) is 0.772. The largest absolute Gasteiger partial charge is 0.383 e. The van der Waals surface area contributed by atoms with E-state index < -0.39 is 0 Å². The van der Waals surface area contributed by atoms with Gasteiger partial charge in [0.1, 0.15) is 5.82 Å². The zero-order valence-corrected chi connectivity index (χ0v) is 6.01. The van der Waals surface area contributed by atoms with Crippen molar-refractivity contribution in [3.63, 3.8) is 0 Å². The van der Waals surface area contributed by atoms with Crippen molar-refractivity contribution < 1.29 is 4.79 Å². The number of nitrogen functional groups attached to an aromatic ring is 1. The normalized spacial score (nSPS) is 9.30. The van der Waals surface area contributed by atoms with Crippen LogP contribution in [0.5, 0.6) is 0 Å². The zero-order chi connectivity index (χ0) is 7.56. The van der Waals surface area contributed by atoms with Crippen LogP contribution in [0, 0.1) is 0 Å². The summed E-state index contributed by atoms with van der Waals surface area (Å²) in [4.78, 5) is 14.6. The molecule has 0 saturated carbocycles. The number of nitrogens with two attached hydrogens (primary N) is 1. The van der Waals surface area contributed by atoms with Crippen molar-refractivity contribution in [1.82, 2.24) is 4.98 Å². The Morgan fingerprint density at radius 1 is 1.70 bits per heavy atom. The molecule has 1 rings (SSSR count). The maximum atomic E-state index is 10.2. The molecule has 1 aromatic rings. The molecule has 0 radical (unpaired) electrons. The molecule has 10 heavy (non-hydrogen) atoms. The highest BCUT2D eigenvalue weighted by Crippen LogP contribution is 2.10. The average molecular weight is 154 g/mol. The van der Waals surface area contributed by atoms with E-state index in [1.165, 1.54) is 6.20 Å². The third-order valence-electron chi connectivity index (χ3n) is 1.06. The van der Waals surface area contributed by atoms with Crippen LogP contribution >= 0.6 is 12.6 Å². The summed E-state index contributed by atoms with van der Waals surface area (Å²) in [6.45, 7) is 0. The van der Waals surface area contributed by atoms with E-state index in [1.54, 1.807) is 6.07 Å².